The van der Waals surface area contributed by atoms with Crippen LogP contribution in [0.4, 0.5) is 14.5 Å². The second kappa shape index (κ2) is 4.24. The summed E-state index contributed by atoms with van der Waals surface area (Å²) < 4.78 is 26.0. The van der Waals surface area contributed by atoms with Gasteiger partial charge in [0.15, 0.2) is 5.82 Å². The van der Waals surface area contributed by atoms with Gasteiger partial charge in [-0.15, -0.1) is 0 Å². The number of nitrogens with two attached hydrogens (primary N) is 1. The van der Waals surface area contributed by atoms with Crippen LogP contribution in [0.15, 0.2) is 12.1 Å². The molecule has 0 heterocycles. The lowest BCUT2D eigenvalue weighted by Crippen LogP contribution is -1.96. The smallest absolute Gasteiger partial charge is 0.164 e. The average Bonchev–Trinajstić information content (AvgIpc) is 2.12. The Morgan fingerprint density at radius 2 is 2.08 bits per heavy atom. The van der Waals surface area contributed by atoms with Crippen molar-refractivity contribution in [3.8, 4) is 11.8 Å². The van der Waals surface area contributed by atoms with E-state index in [4.69, 9.17) is 5.73 Å². The van der Waals surface area contributed by atoms with Gasteiger partial charge in [-0.3, -0.25) is 0 Å². The third-order valence-corrected chi connectivity index (χ3v) is 1.68. The summed E-state index contributed by atoms with van der Waals surface area (Å²) in [7, 11) is 0. The molecule has 1 nitrogen and oxygen atoms in total. The minimum Gasteiger partial charge on any atom is -0.396 e. The molecule has 0 saturated carbocycles. The molecule has 1 aromatic carbocycles. The molecule has 0 unspecified atom stereocenters. The number of benzene rings is 1. The zero-order chi connectivity index (χ0) is 9.84. The summed E-state index contributed by atoms with van der Waals surface area (Å²) in [6.07, 6.45) is 0. The van der Waals surface area contributed by atoms with Gasteiger partial charge in [-0.05, 0) is 12.1 Å². The standard InChI is InChI=1S/C9H6BrF2N/c10-5-1-2-6-7(11)3-4-8(13)9(6)12/h3-4H,5,13H2. The Morgan fingerprint density at radius 3 is 2.69 bits per heavy atom. The van der Waals surface area contributed by atoms with Gasteiger partial charge in [0.1, 0.15) is 5.82 Å². The van der Waals surface area contributed by atoms with Crippen LogP contribution in [0.3, 0.4) is 0 Å². The van der Waals surface area contributed by atoms with Crippen molar-refractivity contribution in [2.45, 2.75) is 0 Å². The van der Waals surface area contributed by atoms with E-state index in [1.54, 1.807) is 0 Å². The molecule has 1 rings (SSSR count). The average molecular weight is 246 g/mol. The second-order valence-corrected chi connectivity index (χ2v) is 2.82. The van der Waals surface area contributed by atoms with Gasteiger partial charge in [-0.2, -0.15) is 0 Å². The third kappa shape index (κ3) is 2.19. The maximum absolute atomic E-state index is 13.1. The van der Waals surface area contributed by atoms with E-state index in [1.807, 2.05) is 0 Å². The third-order valence-electron chi connectivity index (χ3n) is 1.40. The van der Waals surface area contributed by atoms with Crippen LogP contribution in [0.2, 0.25) is 0 Å². The SMILES string of the molecule is Nc1ccc(F)c(C#CCBr)c1F. The summed E-state index contributed by atoms with van der Waals surface area (Å²) in [6, 6.07) is 2.26. The summed E-state index contributed by atoms with van der Waals surface area (Å²) in [6.45, 7) is 0. The van der Waals surface area contributed by atoms with Crippen LogP contribution in [0.25, 0.3) is 0 Å². The normalized spacial score (nSPS) is 9.15. The molecule has 13 heavy (non-hydrogen) atoms. The maximum Gasteiger partial charge on any atom is 0.164 e. The molecule has 1 aromatic rings. The maximum atomic E-state index is 13.1. The van der Waals surface area contributed by atoms with E-state index in [1.165, 1.54) is 6.07 Å². The van der Waals surface area contributed by atoms with Crippen molar-refractivity contribution in [2.24, 2.45) is 0 Å². The molecule has 0 radical (unpaired) electrons. The molecular formula is C9H6BrF2N. The second-order valence-electron chi connectivity index (χ2n) is 2.26. The molecule has 0 amide bonds. The van der Waals surface area contributed by atoms with E-state index >= 15 is 0 Å². The van der Waals surface area contributed by atoms with Crippen molar-refractivity contribution in [1.29, 1.82) is 0 Å². The molecule has 0 bridgehead atoms. The summed E-state index contributed by atoms with van der Waals surface area (Å²) in [5.74, 6) is 3.36. The van der Waals surface area contributed by atoms with Gasteiger partial charge in [0.25, 0.3) is 0 Å². The first kappa shape index (κ1) is 10.0. The molecule has 0 saturated heterocycles. The quantitative estimate of drug-likeness (QED) is 0.424. The molecule has 0 aromatic heterocycles. The van der Waals surface area contributed by atoms with E-state index in [9.17, 15) is 8.78 Å². The van der Waals surface area contributed by atoms with Crippen molar-refractivity contribution >= 4 is 21.6 Å². The Hall–Kier alpha value is -1.08. The van der Waals surface area contributed by atoms with Gasteiger partial charge >= 0.3 is 0 Å². The number of hydrogen-bond donors (Lipinski definition) is 1. The largest absolute Gasteiger partial charge is 0.396 e. The Labute approximate surface area is 83.1 Å². The fourth-order valence-electron chi connectivity index (χ4n) is 0.805. The van der Waals surface area contributed by atoms with Gasteiger partial charge in [-0.1, -0.05) is 27.8 Å². The van der Waals surface area contributed by atoms with Gasteiger partial charge in [0.05, 0.1) is 16.6 Å². The number of alkyl halides is 1. The molecule has 0 aliphatic heterocycles. The fourth-order valence-corrected chi connectivity index (χ4v) is 0.945. The first-order valence-electron chi connectivity index (χ1n) is 3.45. The zero-order valence-electron chi connectivity index (χ0n) is 6.57. The van der Waals surface area contributed by atoms with Crippen LogP contribution in [0.5, 0.6) is 0 Å². The highest BCUT2D eigenvalue weighted by atomic mass is 79.9. The molecular weight excluding hydrogens is 240 g/mol. The van der Waals surface area contributed by atoms with Crippen LogP contribution in [-0.2, 0) is 0 Å². The first-order chi connectivity index (χ1) is 6.16. The van der Waals surface area contributed by atoms with E-state index in [2.05, 4.69) is 27.8 Å². The van der Waals surface area contributed by atoms with Crippen molar-refractivity contribution in [1.82, 2.24) is 0 Å². The van der Waals surface area contributed by atoms with Crippen molar-refractivity contribution in [2.75, 3.05) is 11.1 Å². The summed E-state index contributed by atoms with van der Waals surface area (Å²) >= 11 is 3.02. The lowest BCUT2D eigenvalue weighted by molar-refractivity contribution is 0.580. The van der Waals surface area contributed by atoms with Crippen LogP contribution >= 0.6 is 15.9 Å². The van der Waals surface area contributed by atoms with Crippen LogP contribution in [0, 0.1) is 23.5 Å². The van der Waals surface area contributed by atoms with Gasteiger partial charge in [0.2, 0.25) is 0 Å². The predicted molar refractivity (Wildman–Crippen MR) is 51.4 cm³/mol. The fraction of sp³-hybridized carbons (Fsp3) is 0.111. The Morgan fingerprint density at radius 1 is 1.38 bits per heavy atom. The number of rotatable bonds is 0. The van der Waals surface area contributed by atoms with E-state index in [0.29, 0.717) is 5.33 Å². The molecule has 0 fully saturated rings. The molecule has 0 aliphatic rings. The predicted octanol–water partition coefficient (Wildman–Crippen LogP) is 2.29. The zero-order valence-corrected chi connectivity index (χ0v) is 8.16. The monoisotopic (exact) mass is 245 g/mol. The van der Waals surface area contributed by atoms with Crippen molar-refractivity contribution in [3.63, 3.8) is 0 Å². The summed E-state index contributed by atoms with van der Waals surface area (Å²) in [4.78, 5) is 0. The number of anilines is 1. The number of halogens is 3. The molecule has 68 valence electrons. The van der Waals surface area contributed by atoms with Crippen molar-refractivity contribution in [3.05, 3.63) is 29.3 Å². The molecule has 0 atom stereocenters. The minimum absolute atomic E-state index is 0.0970. The van der Waals surface area contributed by atoms with Crippen LogP contribution in [-0.4, -0.2) is 5.33 Å². The first-order valence-corrected chi connectivity index (χ1v) is 4.57. The van der Waals surface area contributed by atoms with E-state index < -0.39 is 11.6 Å². The number of hydrogen-bond acceptors (Lipinski definition) is 1. The van der Waals surface area contributed by atoms with Crippen LogP contribution in [0.1, 0.15) is 5.56 Å². The lowest BCUT2D eigenvalue weighted by atomic mass is 10.2. The van der Waals surface area contributed by atoms with Crippen molar-refractivity contribution < 1.29 is 8.78 Å². The highest BCUT2D eigenvalue weighted by Crippen LogP contribution is 2.17. The molecule has 0 aliphatic carbocycles. The Kier molecular flexibility index (Phi) is 3.26. The highest BCUT2D eigenvalue weighted by Gasteiger charge is 2.08. The molecule has 4 heteroatoms. The Balaban J connectivity index is 3.25. The molecule has 0 spiro atoms. The van der Waals surface area contributed by atoms with Gasteiger partial charge in [0, 0.05) is 0 Å². The summed E-state index contributed by atoms with van der Waals surface area (Å²) in [5, 5.41) is 0.362. The number of nitrogen functional groups attached to an aromatic ring is 1. The molecule has 2 N–H and O–H groups in total. The van der Waals surface area contributed by atoms with Crippen LogP contribution < -0.4 is 5.73 Å². The van der Waals surface area contributed by atoms with Gasteiger partial charge in [-0.25, -0.2) is 8.78 Å². The lowest BCUT2D eigenvalue weighted by Gasteiger charge is -1.99. The van der Waals surface area contributed by atoms with Gasteiger partial charge < -0.3 is 5.73 Å². The van der Waals surface area contributed by atoms with E-state index in [-0.39, 0.29) is 11.3 Å². The Bertz CT molecular complexity index is 379. The highest BCUT2D eigenvalue weighted by molar-refractivity contribution is 9.09. The topological polar surface area (TPSA) is 26.0 Å². The summed E-state index contributed by atoms with van der Waals surface area (Å²) in [5.41, 5.74) is 4.86. The minimum atomic E-state index is -0.798. The van der Waals surface area contributed by atoms with E-state index in [0.717, 1.165) is 6.07 Å².